The lowest BCUT2D eigenvalue weighted by atomic mass is 10.2. The molecule has 10 heteroatoms. The fourth-order valence-corrected chi connectivity index (χ4v) is 5.49. The molecule has 1 aromatic heterocycles. The summed E-state index contributed by atoms with van der Waals surface area (Å²) in [6, 6.07) is 11.8. The van der Waals surface area contributed by atoms with Gasteiger partial charge in [0, 0.05) is 25.5 Å². The van der Waals surface area contributed by atoms with Crippen LogP contribution in [-0.4, -0.2) is 48.7 Å². The van der Waals surface area contributed by atoms with Crippen molar-refractivity contribution in [1.82, 2.24) is 19.4 Å². The summed E-state index contributed by atoms with van der Waals surface area (Å²) < 4.78 is 34.6. The highest BCUT2D eigenvalue weighted by atomic mass is 32.2. The number of amides is 2. The Morgan fingerprint density at radius 2 is 1.88 bits per heavy atom. The third-order valence-electron chi connectivity index (χ3n) is 5.62. The Morgan fingerprint density at radius 1 is 1.12 bits per heavy atom. The summed E-state index contributed by atoms with van der Waals surface area (Å²) in [7, 11) is -0.307. The van der Waals surface area contributed by atoms with E-state index in [2.05, 4.69) is 15.7 Å². The van der Waals surface area contributed by atoms with E-state index in [4.69, 9.17) is 4.74 Å². The van der Waals surface area contributed by atoms with Gasteiger partial charge in [0.25, 0.3) is 0 Å². The molecule has 0 atom stereocenters. The molecule has 1 saturated heterocycles. The number of sulfonamides is 1. The molecule has 0 saturated carbocycles. The van der Waals surface area contributed by atoms with Crippen LogP contribution in [0, 0.1) is 0 Å². The van der Waals surface area contributed by atoms with Crippen molar-refractivity contribution in [2.75, 3.05) is 25.5 Å². The zero-order valence-electron chi connectivity index (χ0n) is 18.2. The van der Waals surface area contributed by atoms with Crippen LogP contribution < -0.4 is 15.4 Å². The number of para-hydroxylation sites is 1. The predicted molar refractivity (Wildman–Crippen MR) is 122 cm³/mol. The van der Waals surface area contributed by atoms with Gasteiger partial charge in [-0.2, -0.15) is 9.40 Å². The Morgan fingerprint density at radius 3 is 2.62 bits per heavy atom. The van der Waals surface area contributed by atoms with E-state index in [1.165, 1.54) is 23.5 Å². The minimum absolute atomic E-state index is 0.131. The van der Waals surface area contributed by atoms with Crippen LogP contribution in [0.4, 0.5) is 10.5 Å². The molecule has 0 radical (unpaired) electrons. The summed E-state index contributed by atoms with van der Waals surface area (Å²) in [6.45, 7) is 1.24. The molecule has 32 heavy (non-hydrogen) atoms. The van der Waals surface area contributed by atoms with Gasteiger partial charge in [0.05, 0.1) is 35.4 Å². The Kier molecular flexibility index (Phi) is 6.33. The molecule has 2 aromatic carbocycles. The second-order valence-corrected chi connectivity index (χ2v) is 9.66. The van der Waals surface area contributed by atoms with Gasteiger partial charge >= 0.3 is 6.03 Å². The number of piperidine rings is 1. The number of ether oxygens (including phenoxy) is 1. The molecule has 0 unspecified atom stereocenters. The number of aromatic nitrogens is 2. The predicted octanol–water partition coefficient (Wildman–Crippen LogP) is 3.08. The fraction of sp³-hybridized carbons (Fsp3) is 0.364. The van der Waals surface area contributed by atoms with Crippen LogP contribution >= 0.6 is 0 Å². The van der Waals surface area contributed by atoms with E-state index in [0.717, 1.165) is 35.9 Å². The molecular formula is C22H27N5O4S. The number of nitrogens with zero attached hydrogens (tertiary/aromatic N) is 3. The minimum Gasteiger partial charge on any atom is -0.495 e. The highest BCUT2D eigenvalue weighted by molar-refractivity contribution is 7.89. The highest BCUT2D eigenvalue weighted by Gasteiger charge is 2.27. The van der Waals surface area contributed by atoms with Crippen LogP contribution in [0.3, 0.4) is 0 Å². The maximum atomic E-state index is 13.0. The number of aryl methyl sites for hydroxylation is 1. The van der Waals surface area contributed by atoms with Crippen LogP contribution in [0.15, 0.2) is 47.4 Å². The van der Waals surface area contributed by atoms with Gasteiger partial charge in [-0.05, 0) is 37.1 Å². The first-order chi connectivity index (χ1) is 15.4. The Hall–Kier alpha value is -3.11. The standard InChI is InChI=1S/C22H27N5O4S/c1-26-20-9-5-4-8-17(20)19(25-26)15-23-22(28)24-18-14-16(10-11-21(18)31-2)32(29,30)27-12-6-3-7-13-27/h4-5,8-11,14H,3,6-7,12-13,15H2,1-2H3,(H2,23,24,28). The van der Waals surface area contributed by atoms with Crippen molar-refractivity contribution in [3.63, 3.8) is 0 Å². The van der Waals surface area contributed by atoms with Crippen molar-refractivity contribution in [2.45, 2.75) is 30.7 Å². The fourth-order valence-electron chi connectivity index (χ4n) is 3.95. The van der Waals surface area contributed by atoms with Crippen molar-refractivity contribution >= 4 is 32.6 Å². The first-order valence-electron chi connectivity index (χ1n) is 10.5. The van der Waals surface area contributed by atoms with Crippen LogP contribution in [-0.2, 0) is 23.6 Å². The van der Waals surface area contributed by atoms with Gasteiger partial charge in [0.1, 0.15) is 5.75 Å². The summed E-state index contributed by atoms with van der Waals surface area (Å²) in [6.07, 6.45) is 2.74. The van der Waals surface area contributed by atoms with E-state index in [-0.39, 0.29) is 17.1 Å². The van der Waals surface area contributed by atoms with Gasteiger partial charge in [0.15, 0.2) is 0 Å². The second-order valence-electron chi connectivity index (χ2n) is 7.72. The summed E-state index contributed by atoms with van der Waals surface area (Å²) in [4.78, 5) is 12.7. The van der Waals surface area contributed by atoms with Crippen molar-refractivity contribution < 1.29 is 17.9 Å². The maximum Gasteiger partial charge on any atom is 0.319 e. The van der Waals surface area contributed by atoms with Gasteiger partial charge in [-0.1, -0.05) is 24.6 Å². The summed E-state index contributed by atoms with van der Waals surface area (Å²) in [5.41, 5.74) is 2.00. The number of rotatable bonds is 6. The molecule has 2 N–H and O–H groups in total. The maximum absolute atomic E-state index is 13.0. The SMILES string of the molecule is COc1ccc(S(=O)(=O)N2CCCCC2)cc1NC(=O)NCc1nn(C)c2ccccc12. The van der Waals surface area contributed by atoms with E-state index >= 15 is 0 Å². The number of urea groups is 1. The molecule has 0 aliphatic carbocycles. The topological polar surface area (TPSA) is 106 Å². The number of hydrogen-bond acceptors (Lipinski definition) is 5. The number of carbonyl (C=O) groups is 1. The van der Waals surface area contributed by atoms with Crippen LogP contribution in [0.25, 0.3) is 10.9 Å². The van der Waals surface area contributed by atoms with Crippen molar-refractivity contribution in [3.8, 4) is 5.75 Å². The normalized spacial score (nSPS) is 14.9. The quantitative estimate of drug-likeness (QED) is 0.592. The number of carbonyl (C=O) groups excluding carboxylic acids is 1. The third-order valence-corrected chi connectivity index (χ3v) is 7.52. The zero-order valence-corrected chi connectivity index (χ0v) is 19.0. The van der Waals surface area contributed by atoms with Crippen molar-refractivity contribution in [1.29, 1.82) is 0 Å². The van der Waals surface area contributed by atoms with Gasteiger partial charge in [-0.3, -0.25) is 4.68 Å². The number of fused-ring (bicyclic) bond motifs is 1. The van der Waals surface area contributed by atoms with Crippen LogP contribution in [0.2, 0.25) is 0 Å². The number of anilines is 1. The molecule has 170 valence electrons. The van der Waals surface area contributed by atoms with Crippen molar-refractivity contribution in [3.05, 3.63) is 48.2 Å². The molecule has 3 aromatic rings. The molecule has 9 nitrogen and oxygen atoms in total. The molecule has 0 spiro atoms. The molecule has 4 rings (SSSR count). The molecule has 2 amide bonds. The Balaban J connectivity index is 1.50. The summed E-state index contributed by atoms with van der Waals surface area (Å²) in [5, 5.41) is 10.9. The van der Waals surface area contributed by atoms with Gasteiger partial charge in [-0.15, -0.1) is 0 Å². The van der Waals surface area contributed by atoms with E-state index in [0.29, 0.717) is 18.8 Å². The van der Waals surface area contributed by atoms with Gasteiger partial charge in [-0.25, -0.2) is 13.2 Å². The number of benzene rings is 2. The molecular weight excluding hydrogens is 430 g/mol. The zero-order chi connectivity index (χ0) is 22.7. The average molecular weight is 458 g/mol. The van der Waals surface area contributed by atoms with Gasteiger partial charge in [0.2, 0.25) is 10.0 Å². The number of hydrogen-bond donors (Lipinski definition) is 2. The first kappa shape index (κ1) is 22.1. The van der Waals surface area contributed by atoms with E-state index < -0.39 is 16.1 Å². The third kappa shape index (κ3) is 4.42. The van der Waals surface area contributed by atoms with E-state index in [1.54, 1.807) is 10.7 Å². The molecule has 2 heterocycles. The van der Waals surface area contributed by atoms with E-state index in [1.807, 2.05) is 31.3 Å². The Labute approximate surface area is 187 Å². The summed E-state index contributed by atoms with van der Waals surface area (Å²) in [5.74, 6) is 0.376. The van der Waals surface area contributed by atoms with Gasteiger partial charge < -0.3 is 15.4 Å². The molecule has 1 fully saturated rings. The highest BCUT2D eigenvalue weighted by Crippen LogP contribution is 2.30. The number of nitrogens with one attached hydrogen (secondary N) is 2. The monoisotopic (exact) mass is 457 g/mol. The second kappa shape index (κ2) is 9.17. The minimum atomic E-state index is -3.63. The molecule has 1 aliphatic heterocycles. The Bertz CT molecular complexity index is 1230. The van der Waals surface area contributed by atoms with Crippen LogP contribution in [0.5, 0.6) is 5.75 Å². The summed E-state index contributed by atoms with van der Waals surface area (Å²) >= 11 is 0. The lowest BCUT2D eigenvalue weighted by Crippen LogP contribution is -2.35. The largest absolute Gasteiger partial charge is 0.495 e. The molecule has 0 bridgehead atoms. The average Bonchev–Trinajstić information content (AvgIpc) is 3.14. The van der Waals surface area contributed by atoms with Crippen molar-refractivity contribution in [2.24, 2.45) is 7.05 Å². The smallest absolute Gasteiger partial charge is 0.319 e. The molecule has 1 aliphatic rings. The lowest BCUT2D eigenvalue weighted by Gasteiger charge is -2.26. The van der Waals surface area contributed by atoms with E-state index in [9.17, 15) is 13.2 Å². The van der Waals surface area contributed by atoms with Crippen LogP contribution in [0.1, 0.15) is 25.0 Å². The first-order valence-corrected chi connectivity index (χ1v) is 12.0. The lowest BCUT2D eigenvalue weighted by molar-refractivity contribution is 0.251. The number of methoxy groups -OCH3 is 1.